The van der Waals surface area contributed by atoms with Crippen molar-refractivity contribution in [1.82, 2.24) is 10.2 Å². The maximum Gasteiger partial charge on any atom is 0.261 e. The number of hydrogen-bond donors (Lipinski definition) is 1. The number of rotatable bonds is 9. The van der Waals surface area contributed by atoms with Crippen molar-refractivity contribution in [3.05, 3.63) is 63.1 Å². The summed E-state index contributed by atoms with van der Waals surface area (Å²) in [6, 6.07) is 11.1. The van der Waals surface area contributed by atoms with Crippen LogP contribution in [0.5, 0.6) is 5.75 Å². The molecule has 0 fully saturated rings. The van der Waals surface area contributed by atoms with Crippen LogP contribution in [0.15, 0.2) is 42.5 Å². The first kappa shape index (κ1) is 24.3. The van der Waals surface area contributed by atoms with Crippen molar-refractivity contribution in [2.24, 2.45) is 5.92 Å². The minimum atomic E-state index is -0.717. The average molecular weight is 472 g/mol. The Labute approximate surface area is 192 Å². The number of halogens is 3. The first-order valence-corrected chi connectivity index (χ1v) is 10.7. The lowest BCUT2D eigenvalue weighted by Gasteiger charge is -2.29. The zero-order valence-electron chi connectivity index (χ0n) is 17.1. The Kier molecular flexibility index (Phi) is 9.28. The standard InChI is InChI=1S/C22H25Cl3N2O3/c1-14(2)11-26-22(29)15(3)27(12-16-7-8-18(24)10-20(16)25)21(28)13-30-19-6-4-5-17(23)9-19/h4-10,14-15H,11-13H2,1-3H3,(H,26,29)/t15-/m1/s1. The van der Waals surface area contributed by atoms with E-state index in [2.05, 4.69) is 5.32 Å². The highest BCUT2D eigenvalue weighted by atomic mass is 35.5. The van der Waals surface area contributed by atoms with E-state index in [1.54, 1.807) is 49.4 Å². The summed E-state index contributed by atoms with van der Waals surface area (Å²) in [4.78, 5) is 27.1. The van der Waals surface area contributed by atoms with Gasteiger partial charge in [-0.1, -0.05) is 60.8 Å². The maximum absolute atomic E-state index is 13.0. The Balaban J connectivity index is 2.18. The number of hydrogen-bond acceptors (Lipinski definition) is 3. The van der Waals surface area contributed by atoms with Gasteiger partial charge in [-0.2, -0.15) is 0 Å². The molecule has 0 radical (unpaired) electrons. The Morgan fingerprint density at radius 3 is 2.37 bits per heavy atom. The summed E-state index contributed by atoms with van der Waals surface area (Å²) in [5.74, 6) is 0.164. The molecule has 0 aromatic heterocycles. The number of carbonyl (C=O) groups excluding carboxylic acids is 2. The van der Waals surface area contributed by atoms with E-state index < -0.39 is 6.04 Å². The predicted molar refractivity (Wildman–Crippen MR) is 121 cm³/mol. The summed E-state index contributed by atoms with van der Waals surface area (Å²) in [5, 5.41) is 4.28. The van der Waals surface area contributed by atoms with Gasteiger partial charge in [-0.15, -0.1) is 0 Å². The smallest absolute Gasteiger partial charge is 0.261 e. The fraction of sp³-hybridized carbons (Fsp3) is 0.364. The Hall–Kier alpha value is -1.95. The van der Waals surface area contributed by atoms with Crippen LogP contribution in [0.25, 0.3) is 0 Å². The van der Waals surface area contributed by atoms with Gasteiger partial charge in [0.2, 0.25) is 5.91 Å². The zero-order valence-corrected chi connectivity index (χ0v) is 19.4. The highest BCUT2D eigenvalue weighted by Crippen LogP contribution is 2.23. The lowest BCUT2D eigenvalue weighted by molar-refractivity contribution is -0.142. The van der Waals surface area contributed by atoms with Crippen molar-refractivity contribution < 1.29 is 14.3 Å². The number of ether oxygens (including phenoxy) is 1. The molecule has 8 heteroatoms. The van der Waals surface area contributed by atoms with Crippen LogP contribution < -0.4 is 10.1 Å². The fourth-order valence-corrected chi connectivity index (χ4v) is 3.30. The van der Waals surface area contributed by atoms with Gasteiger partial charge in [0.15, 0.2) is 6.61 Å². The molecule has 0 saturated carbocycles. The van der Waals surface area contributed by atoms with Gasteiger partial charge in [0.05, 0.1) is 0 Å². The summed E-state index contributed by atoms with van der Waals surface area (Å²) in [7, 11) is 0. The molecule has 30 heavy (non-hydrogen) atoms. The summed E-state index contributed by atoms with van der Waals surface area (Å²) < 4.78 is 5.58. The molecule has 0 aliphatic carbocycles. The molecule has 0 spiro atoms. The molecule has 2 rings (SSSR count). The average Bonchev–Trinajstić information content (AvgIpc) is 2.69. The maximum atomic E-state index is 13.0. The fourth-order valence-electron chi connectivity index (χ4n) is 2.65. The third-order valence-corrected chi connectivity index (χ3v) is 5.19. The van der Waals surface area contributed by atoms with E-state index in [0.29, 0.717) is 38.8 Å². The Morgan fingerprint density at radius 2 is 1.73 bits per heavy atom. The molecule has 2 aromatic rings. The van der Waals surface area contributed by atoms with E-state index in [9.17, 15) is 9.59 Å². The molecule has 5 nitrogen and oxygen atoms in total. The summed E-state index contributed by atoms with van der Waals surface area (Å²) in [6.45, 7) is 6.10. The molecule has 1 N–H and O–H groups in total. The van der Waals surface area contributed by atoms with Crippen LogP contribution >= 0.6 is 34.8 Å². The summed E-state index contributed by atoms with van der Waals surface area (Å²) in [6.07, 6.45) is 0. The van der Waals surface area contributed by atoms with Crippen molar-refractivity contribution >= 4 is 46.6 Å². The third kappa shape index (κ3) is 7.38. The quantitative estimate of drug-likeness (QED) is 0.546. The Morgan fingerprint density at radius 1 is 1.03 bits per heavy atom. The SMILES string of the molecule is CC(C)CNC(=O)[C@@H](C)N(Cc1ccc(Cl)cc1Cl)C(=O)COc1cccc(Cl)c1. The highest BCUT2D eigenvalue weighted by Gasteiger charge is 2.27. The van der Waals surface area contributed by atoms with Crippen LogP contribution in [0.2, 0.25) is 15.1 Å². The Bertz CT molecular complexity index is 890. The molecule has 1 atom stereocenters. The topological polar surface area (TPSA) is 58.6 Å². The summed E-state index contributed by atoms with van der Waals surface area (Å²) >= 11 is 18.2. The van der Waals surface area contributed by atoms with Gasteiger partial charge in [0.25, 0.3) is 5.91 Å². The number of amides is 2. The largest absolute Gasteiger partial charge is 0.484 e. The molecular weight excluding hydrogens is 447 g/mol. The van der Waals surface area contributed by atoms with Gasteiger partial charge in [0, 0.05) is 28.2 Å². The lowest BCUT2D eigenvalue weighted by atomic mass is 10.1. The summed E-state index contributed by atoms with van der Waals surface area (Å²) in [5.41, 5.74) is 0.681. The lowest BCUT2D eigenvalue weighted by Crippen LogP contribution is -2.49. The third-order valence-electron chi connectivity index (χ3n) is 4.37. The minimum absolute atomic E-state index is 0.143. The number of carbonyl (C=O) groups is 2. The van der Waals surface area contributed by atoms with E-state index in [1.807, 2.05) is 13.8 Å². The molecule has 0 aliphatic heterocycles. The van der Waals surface area contributed by atoms with Crippen molar-refractivity contribution in [3.63, 3.8) is 0 Å². The second-order valence-electron chi connectivity index (χ2n) is 7.32. The monoisotopic (exact) mass is 470 g/mol. The van der Waals surface area contributed by atoms with Crippen molar-refractivity contribution in [3.8, 4) is 5.75 Å². The number of benzene rings is 2. The van der Waals surface area contributed by atoms with Crippen LogP contribution in [0.3, 0.4) is 0 Å². The van der Waals surface area contributed by atoms with Gasteiger partial charge < -0.3 is 15.0 Å². The molecule has 0 heterocycles. The normalized spacial score (nSPS) is 11.8. The minimum Gasteiger partial charge on any atom is -0.484 e. The van der Waals surface area contributed by atoms with Crippen LogP contribution in [0.4, 0.5) is 0 Å². The van der Waals surface area contributed by atoms with E-state index >= 15 is 0 Å². The van der Waals surface area contributed by atoms with E-state index in [0.717, 1.165) is 0 Å². The first-order chi connectivity index (χ1) is 14.2. The molecule has 0 aliphatic rings. The molecule has 2 amide bonds. The molecular formula is C22H25Cl3N2O3. The second-order valence-corrected chi connectivity index (χ2v) is 8.60. The zero-order chi connectivity index (χ0) is 22.3. The number of nitrogens with zero attached hydrogens (tertiary/aromatic N) is 1. The van der Waals surface area contributed by atoms with Gasteiger partial charge in [-0.3, -0.25) is 9.59 Å². The molecule has 0 unspecified atom stereocenters. The van der Waals surface area contributed by atoms with Crippen LogP contribution in [0, 0.1) is 5.92 Å². The van der Waals surface area contributed by atoms with Crippen molar-refractivity contribution in [1.29, 1.82) is 0 Å². The van der Waals surface area contributed by atoms with Crippen molar-refractivity contribution in [2.45, 2.75) is 33.4 Å². The molecule has 2 aromatic carbocycles. The van der Waals surface area contributed by atoms with Gasteiger partial charge >= 0.3 is 0 Å². The van der Waals surface area contributed by atoms with Crippen LogP contribution in [-0.4, -0.2) is 35.9 Å². The molecule has 162 valence electrons. The van der Waals surface area contributed by atoms with Crippen molar-refractivity contribution in [2.75, 3.05) is 13.2 Å². The van der Waals surface area contributed by atoms with Gasteiger partial charge in [-0.25, -0.2) is 0 Å². The van der Waals surface area contributed by atoms with Gasteiger partial charge in [0.1, 0.15) is 11.8 Å². The van der Waals surface area contributed by atoms with E-state index in [4.69, 9.17) is 39.5 Å². The number of nitrogens with one attached hydrogen (secondary N) is 1. The van der Waals surface area contributed by atoms with Crippen LogP contribution in [0.1, 0.15) is 26.3 Å². The molecule has 0 saturated heterocycles. The second kappa shape index (κ2) is 11.4. The highest BCUT2D eigenvalue weighted by molar-refractivity contribution is 6.35. The molecule has 0 bridgehead atoms. The first-order valence-electron chi connectivity index (χ1n) is 9.57. The predicted octanol–water partition coefficient (Wildman–Crippen LogP) is 5.22. The van der Waals surface area contributed by atoms with Gasteiger partial charge in [-0.05, 0) is 48.7 Å². The van der Waals surface area contributed by atoms with E-state index in [1.165, 1.54) is 4.90 Å². The van der Waals surface area contributed by atoms with E-state index in [-0.39, 0.29) is 25.0 Å². The van der Waals surface area contributed by atoms with Crippen LogP contribution in [-0.2, 0) is 16.1 Å².